The second-order valence-electron chi connectivity index (χ2n) is 2.84. The van der Waals surface area contributed by atoms with E-state index in [1.807, 2.05) is 6.08 Å². The standard InChI is InChI=1S/C11H12OS/c1-9(7-12)6-10(2)11-4-3-5-13-8-11/h3-4,6-8H,2,5H2,1H3. The van der Waals surface area contributed by atoms with Crippen LogP contribution >= 0.6 is 11.8 Å². The Labute approximate surface area is 82.9 Å². The molecule has 13 heavy (non-hydrogen) atoms. The summed E-state index contributed by atoms with van der Waals surface area (Å²) in [5, 5.41) is 2.07. The molecule has 1 heterocycles. The van der Waals surface area contributed by atoms with Gasteiger partial charge >= 0.3 is 0 Å². The first kappa shape index (κ1) is 10.1. The third-order valence-corrected chi connectivity index (χ3v) is 2.46. The van der Waals surface area contributed by atoms with Crippen LogP contribution < -0.4 is 0 Å². The fourth-order valence-corrected chi connectivity index (χ4v) is 1.70. The van der Waals surface area contributed by atoms with Gasteiger partial charge in [-0.15, -0.1) is 11.8 Å². The Kier molecular flexibility index (Phi) is 3.77. The summed E-state index contributed by atoms with van der Waals surface area (Å²) in [5.41, 5.74) is 2.69. The van der Waals surface area contributed by atoms with Gasteiger partial charge in [-0.1, -0.05) is 18.7 Å². The zero-order valence-electron chi connectivity index (χ0n) is 7.62. The molecule has 0 unspecified atom stereocenters. The average Bonchev–Trinajstić information content (AvgIpc) is 2.19. The summed E-state index contributed by atoms with van der Waals surface area (Å²) in [4.78, 5) is 10.4. The van der Waals surface area contributed by atoms with Crippen LogP contribution in [0.2, 0.25) is 0 Å². The molecule has 1 nitrogen and oxygen atoms in total. The molecule has 0 aromatic heterocycles. The monoisotopic (exact) mass is 192 g/mol. The fraction of sp³-hybridized carbons (Fsp3) is 0.182. The lowest BCUT2D eigenvalue weighted by Gasteiger charge is -2.06. The Morgan fingerprint density at radius 3 is 3.00 bits per heavy atom. The van der Waals surface area contributed by atoms with Crippen molar-refractivity contribution in [1.29, 1.82) is 0 Å². The second-order valence-corrected chi connectivity index (χ2v) is 3.74. The van der Waals surface area contributed by atoms with E-state index >= 15 is 0 Å². The molecule has 0 bridgehead atoms. The highest BCUT2D eigenvalue weighted by Gasteiger charge is 2.00. The number of rotatable bonds is 3. The van der Waals surface area contributed by atoms with Crippen LogP contribution in [0.1, 0.15) is 6.92 Å². The first-order chi connectivity index (χ1) is 6.24. The molecule has 0 radical (unpaired) electrons. The number of allylic oxidation sites excluding steroid dienone is 5. The van der Waals surface area contributed by atoms with Crippen molar-refractivity contribution >= 4 is 18.0 Å². The van der Waals surface area contributed by atoms with Crippen LogP contribution in [0, 0.1) is 0 Å². The minimum Gasteiger partial charge on any atom is -0.298 e. The van der Waals surface area contributed by atoms with Crippen molar-refractivity contribution in [3.63, 3.8) is 0 Å². The van der Waals surface area contributed by atoms with E-state index in [1.165, 1.54) is 0 Å². The molecule has 0 aromatic carbocycles. The third kappa shape index (κ3) is 3.07. The molecule has 0 aromatic rings. The molecular formula is C11H12OS. The van der Waals surface area contributed by atoms with Crippen LogP contribution in [0.3, 0.4) is 0 Å². The van der Waals surface area contributed by atoms with E-state index in [0.717, 1.165) is 23.2 Å². The van der Waals surface area contributed by atoms with Crippen molar-refractivity contribution in [2.45, 2.75) is 6.92 Å². The molecular weight excluding hydrogens is 180 g/mol. The highest BCUT2D eigenvalue weighted by molar-refractivity contribution is 8.02. The highest BCUT2D eigenvalue weighted by Crippen LogP contribution is 2.21. The van der Waals surface area contributed by atoms with E-state index in [-0.39, 0.29) is 0 Å². The maximum absolute atomic E-state index is 10.4. The van der Waals surface area contributed by atoms with Crippen LogP contribution in [0.25, 0.3) is 0 Å². The van der Waals surface area contributed by atoms with Crippen molar-refractivity contribution in [3.8, 4) is 0 Å². The smallest absolute Gasteiger partial charge is 0.145 e. The minimum absolute atomic E-state index is 0.704. The topological polar surface area (TPSA) is 17.1 Å². The van der Waals surface area contributed by atoms with Gasteiger partial charge in [-0.3, -0.25) is 4.79 Å². The molecule has 1 aliphatic heterocycles. The maximum atomic E-state index is 10.4. The van der Waals surface area contributed by atoms with Gasteiger partial charge in [0.15, 0.2) is 0 Å². The van der Waals surface area contributed by atoms with Gasteiger partial charge in [-0.25, -0.2) is 0 Å². The van der Waals surface area contributed by atoms with Crippen molar-refractivity contribution < 1.29 is 4.79 Å². The molecule has 68 valence electrons. The first-order valence-electron chi connectivity index (χ1n) is 4.05. The minimum atomic E-state index is 0.704. The Balaban J connectivity index is 2.73. The summed E-state index contributed by atoms with van der Waals surface area (Å²) < 4.78 is 0. The third-order valence-electron chi connectivity index (χ3n) is 1.66. The average molecular weight is 192 g/mol. The SMILES string of the molecule is C=C(C=C(C)C=O)C1=CSCC=C1. The molecule has 0 saturated carbocycles. The lowest BCUT2D eigenvalue weighted by atomic mass is 10.1. The molecule has 0 saturated heterocycles. The van der Waals surface area contributed by atoms with Crippen LogP contribution in [0.4, 0.5) is 0 Å². The summed E-state index contributed by atoms with van der Waals surface area (Å²) in [5.74, 6) is 1.02. The number of hydrogen-bond donors (Lipinski definition) is 0. The Morgan fingerprint density at radius 1 is 1.69 bits per heavy atom. The normalized spacial score (nSPS) is 16.7. The summed E-state index contributed by atoms with van der Waals surface area (Å²) >= 11 is 1.74. The quantitative estimate of drug-likeness (QED) is 0.388. The van der Waals surface area contributed by atoms with Gasteiger partial charge in [0.1, 0.15) is 6.29 Å². The van der Waals surface area contributed by atoms with Crippen LogP contribution in [0.15, 0.2) is 46.9 Å². The molecule has 0 atom stereocenters. The summed E-state index contributed by atoms with van der Waals surface area (Å²) in [6.45, 7) is 5.67. The van der Waals surface area contributed by atoms with Crippen molar-refractivity contribution in [1.82, 2.24) is 0 Å². The molecule has 0 aliphatic carbocycles. The lowest BCUT2D eigenvalue weighted by molar-refractivity contribution is -0.104. The zero-order valence-corrected chi connectivity index (χ0v) is 8.43. The van der Waals surface area contributed by atoms with Crippen LogP contribution in [0.5, 0.6) is 0 Å². The number of hydrogen-bond acceptors (Lipinski definition) is 2. The number of carbonyl (C=O) groups excluding carboxylic acids is 1. The molecule has 2 heteroatoms. The van der Waals surface area contributed by atoms with Crippen molar-refractivity contribution in [2.75, 3.05) is 5.75 Å². The zero-order chi connectivity index (χ0) is 9.68. The molecule has 1 aliphatic rings. The molecule has 0 amide bonds. The van der Waals surface area contributed by atoms with Gasteiger partial charge < -0.3 is 0 Å². The summed E-state index contributed by atoms with van der Waals surface area (Å²) in [7, 11) is 0. The molecule has 0 N–H and O–H groups in total. The lowest BCUT2D eigenvalue weighted by Crippen LogP contribution is -1.87. The fourth-order valence-electron chi connectivity index (χ4n) is 0.983. The number of thioether (sulfide) groups is 1. The summed E-state index contributed by atoms with van der Waals surface area (Å²) in [6.07, 6.45) is 6.77. The van der Waals surface area contributed by atoms with Gasteiger partial charge in [-0.2, -0.15) is 0 Å². The molecule has 0 fully saturated rings. The van der Waals surface area contributed by atoms with Crippen LogP contribution in [-0.4, -0.2) is 12.0 Å². The largest absolute Gasteiger partial charge is 0.298 e. The number of carbonyl (C=O) groups is 1. The van der Waals surface area contributed by atoms with Gasteiger partial charge in [0.05, 0.1) is 0 Å². The maximum Gasteiger partial charge on any atom is 0.145 e. The van der Waals surface area contributed by atoms with Gasteiger partial charge in [0.25, 0.3) is 0 Å². The van der Waals surface area contributed by atoms with E-state index < -0.39 is 0 Å². The Bertz CT molecular complexity index is 308. The van der Waals surface area contributed by atoms with E-state index in [2.05, 4.69) is 18.1 Å². The predicted molar refractivity (Wildman–Crippen MR) is 58.6 cm³/mol. The summed E-state index contributed by atoms with van der Waals surface area (Å²) in [6, 6.07) is 0. The van der Waals surface area contributed by atoms with E-state index in [9.17, 15) is 4.79 Å². The predicted octanol–water partition coefficient (Wildman–Crippen LogP) is 2.87. The van der Waals surface area contributed by atoms with Crippen LogP contribution in [-0.2, 0) is 4.79 Å². The van der Waals surface area contributed by atoms with E-state index in [1.54, 1.807) is 24.8 Å². The molecule has 1 rings (SSSR count). The molecule has 0 spiro atoms. The highest BCUT2D eigenvalue weighted by atomic mass is 32.2. The van der Waals surface area contributed by atoms with Crippen molar-refractivity contribution in [2.24, 2.45) is 0 Å². The second kappa shape index (κ2) is 4.87. The number of aldehydes is 1. The first-order valence-corrected chi connectivity index (χ1v) is 5.10. The van der Waals surface area contributed by atoms with Gasteiger partial charge in [0.2, 0.25) is 0 Å². The van der Waals surface area contributed by atoms with Gasteiger partial charge in [0, 0.05) is 5.75 Å². The van der Waals surface area contributed by atoms with Crippen molar-refractivity contribution in [3.05, 3.63) is 46.9 Å². The van der Waals surface area contributed by atoms with Gasteiger partial charge in [-0.05, 0) is 35.1 Å². The Hall–Kier alpha value is -1.02. The van der Waals surface area contributed by atoms with E-state index in [4.69, 9.17) is 0 Å². The van der Waals surface area contributed by atoms with E-state index in [0.29, 0.717) is 5.57 Å². The Morgan fingerprint density at radius 2 is 2.46 bits per heavy atom.